The summed E-state index contributed by atoms with van der Waals surface area (Å²) in [6, 6.07) is 0. The highest BCUT2D eigenvalue weighted by Crippen LogP contribution is 2.15. The second-order valence-corrected chi connectivity index (χ2v) is 6.07. The molecular weight excluding hydrogens is 186 g/mol. The zero-order valence-electron chi connectivity index (χ0n) is 6.72. The molecule has 0 rings (SSSR count). The predicted octanol–water partition coefficient (Wildman–Crippen LogP) is 0.702. The van der Waals surface area contributed by atoms with Crippen molar-refractivity contribution in [3.8, 4) is 0 Å². The maximum atomic E-state index is 11.3. The van der Waals surface area contributed by atoms with Crippen molar-refractivity contribution >= 4 is 21.4 Å². The van der Waals surface area contributed by atoms with Crippen molar-refractivity contribution < 1.29 is 8.42 Å². The molecule has 0 aromatic carbocycles. The number of sulfone groups is 1. The van der Waals surface area contributed by atoms with E-state index in [4.69, 9.17) is 17.3 Å². The number of nitrogens with one attached hydrogen (secondary N) is 1. The fourth-order valence-electron chi connectivity index (χ4n) is 0.488. The van der Waals surface area contributed by atoms with Gasteiger partial charge in [0.2, 0.25) is 0 Å². The second kappa shape index (κ2) is 3.74. The van der Waals surface area contributed by atoms with Gasteiger partial charge in [0, 0.05) is 12.4 Å². The first-order valence-electron chi connectivity index (χ1n) is 3.30. The zero-order valence-corrected chi connectivity index (χ0v) is 8.30. The maximum absolute atomic E-state index is 11.3. The van der Waals surface area contributed by atoms with Crippen molar-refractivity contribution in [2.75, 3.05) is 18.2 Å². The average molecular weight is 199 g/mol. The van der Waals surface area contributed by atoms with Gasteiger partial charge in [0.15, 0.2) is 9.84 Å². The predicted molar refractivity (Wildman–Crippen MR) is 46.5 cm³/mol. The third-order valence-electron chi connectivity index (χ3n) is 1.61. The van der Waals surface area contributed by atoms with Crippen molar-refractivity contribution in [3.05, 3.63) is 0 Å². The molecule has 0 aromatic rings. The lowest BCUT2D eigenvalue weighted by Gasteiger charge is -2.21. The van der Waals surface area contributed by atoms with Crippen LogP contribution in [0.25, 0.3) is 0 Å². The molecule has 11 heavy (non-hydrogen) atoms. The lowest BCUT2D eigenvalue weighted by atomic mass is 10.2. The Bertz CT molecular complexity index is 211. The van der Waals surface area contributed by atoms with Gasteiger partial charge in [-0.05, 0) is 13.8 Å². The Morgan fingerprint density at radius 3 is 2.18 bits per heavy atom. The quantitative estimate of drug-likeness (QED) is 0.625. The molecule has 0 bridgehead atoms. The van der Waals surface area contributed by atoms with Crippen molar-refractivity contribution in [3.63, 3.8) is 0 Å². The van der Waals surface area contributed by atoms with E-state index in [0.717, 1.165) is 0 Å². The number of alkyl halides is 1. The lowest BCUT2D eigenvalue weighted by molar-refractivity contribution is 0.548. The SMILES string of the molecule is CC(C)(C[NH])S(=O)(=O)CCCl. The van der Waals surface area contributed by atoms with Gasteiger partial charge >= 0.3 is 0 Å². The van der Waals surface area contributed by atoms with E-state index in [1.165, 1.54) is 0 Å². The van der Waals surface area contributed by atoms with Gasteiger partial charge in [0.05, 0.1) is 10.5 Å². The highest BCUT2D eigenvalue weighted by Gasteiger charge is 2.32. The molecule has 0 aliphatic heterocycles. The van der Waals surface area contributed by atoms with Crippen LogP contribution in [-0.4, -0.2) is 31.3 Å². The fraction of sp³-hybridized carbons (Fsp3) is 1.00. The molecule has 0 amide bonds. The van der Waals surface area contributed by atoms with Gasteiger partial charge in [-0.3, -0.25) is 5.73 Å². The number of hydrogen-bond donors (Lipinski definition) is 0. The average Bonchev–Trinajstić information content (AvgIpc) is 1.87. The molecule has 0 atom stereocenters. The van der Waals surface area contributed by atoms with Gasteiger partial charge in [-0.25, -0.2) is 8.42 Å². The van der Waals surface area contributed by atoms with E-state index in [2.05, 4.69) is 0 Å². The van der Waals surface area contributed by atoms with Crippen LogP contribution in [0.5, 0.6) is 0 Å². The molecule has 0 saturated heterocycles. The van der Waals surface area contributed by atoms with Gasteiger partial charge < -0.3 is 0 Å². The third kappa shape index (κ3) is 2.61. The lowest BCUT2D eigenvalue weighted by Crippen LogP contribution is -2.38. The summed E-state index contributed by atoms with van der Waals surface area (Å²) in [6.07, 6.45) is 0. The molecular formula is C6H13ClNO2S. The molecule has 1 N–H and O–H groups in total. The van der Waals surface area contributed by atoms with Gasteiger partial charge in [0.1, 0.15) is 0 Å². The van der Waals surface area contributed by atoms with Crippen LogP contribution in [0.3, 0.4) is 0 Å². The molecule has 0 spiro atoms. The molecule has 0 saturated carbocycles. The highest BCUT2D eigenvalue weighted by atomic mass is 35.5. The van der Waals surface area contributed by atoms with Crippen LogP contribution in [0.1, 0.15) is 13.8 Å². The van der Waals surface area contributed by atoms with Gasteiger partial charge in [-0.15, -0.1) is 11.6 Å². The normalized spacial score (nSPS) is 13.5. The summed E-state index contributed by atoms with van der Waals surface area (Å²) in [4.78, 5) is 0. The van der Waals surface area contributed by atoms with E-state index in [9.17, 15) is 8.42 Å². The first kappa shape index (κ1) is 11.2. The first-order chi connectivity index (χ1) is 4.87. The maximum Gasteiger partial charge on any atom is 0.157 e. The Labute approximate surface area is 72.8 Å². The Morgan fingerprint density at radius 1 is 1.45 bits per heavy atom. The standard InChI is InChI=1S/C6H13ClNO2S/c1-6(2,5-8)11(9,10)4-3-7/h8H,3-5H2,1-2H3. The van der Waals surface area contributed by atoms with Crippen LogP contribution in [0.2, 0.25) is 0 Å². The molecule has 0 fully saturated rings. The van der Waals surface area contributed by atoms with Crippen molar-refractivity contribution in [1.29, 1.82) is 0 Å². The largest absolute Gasteiger partial charge is 0.256 e. The Kier molecular flexibility index (Phi) is 3.80. The highest BCUT2D eigenvalue weighted by molar-refractivity contribution is 7.92. The summed E-state index contributed by atoms with van der Waals surface area (Å²) in [5.74, 6) is 0.0617. The minimum Gasteiger partial charge on any atom is -0.256 e. The van der Waals surface area contributed by atoms with Gasteiger partial charge in [0.25, 0.3) is 0 Å². The van der Waals surface area contributed by atoms with Crippen molar-refractivity contribution in [2.45, 2.75) is 18.6 Å². The fourth-order valence-corrected chi connectivity index (χ4v) is 2.07. The van der Waals surface area contributed by atoms with Crippen LogP contribution >= 0.6 is 11.6 Å². The molecule has 0 aliphatic carbocycles. The summed E-state index contributed by atoms with van der Waals surface area (Å²) >= 11 is 5.31. The smallest absolute Gasteiger partial charge is 0.157 e. The van der Waals surface area contributed by atoms with E-state index in [-0.39, 0.29) is 18.2 Å². The minimum atomic E-state index is -3.18. The first-order valence-corrected chi connectivity index (χ1v) is 5.49. The molecule has 1 radical (unpaired) electrons. The van der Waals surface area contributed by atoms with E-state index in [1.54, 1.807) is 13.8 Å². The number of rotatable bonds is 4. The van der Waals surface area contributed by atoms with E-state index in [1.807, 2.05) is 0 Å². The van der Waals surface area contributed by atoms with Crippen LogP contribution in [0, 0.1) is 0 Å². The molecule has 3 nitrogen and oxygen atoms in total. The summed E-state index contributed by atoms with van der Waals surface area (Å²) in [5.41, 5.74) is 7.02. The summed E-state index contributed by atoms with van der Waals surface area (Å²) in [5, 5.41) is 0. The molecule has 0 heterocycles. The van der Waals surface area contributed by atoms with Crippen molar-refractivity contribution in [1.82, 2.24) is 5.73 Å². The van der Waals surface area contributed by atoms with E-state index >= 15 is 0 Å². The van der Waals surface area contributed by atoms with Crippen molar-refractivity contribution in [2.24, 2.45) is 0 Å². The topological polar surface area (TPSA) is 57.9 Å². The van der Waals surface area contributed by atoms with E-state index < -0.39 is 14.6 Å². The minimum absolute atomic E-state index is 0.0412. The second-order valence-electron chi connectivity index (χ2n) is 2.94. The Hall–Kier alpha value is 0.200. The Balaban J connectivity index is 4.55. The van der Waals surface area contributed by atoms with Crippen LogP contribution in [0.15, 0.2) is 0 Å². The van der Waals surface area contributed by atoms with Gasteiger partial charge in [-0.1, -0.05) is 0 Å². The molecule has 0 aliphatic rings. The summed E-state index contributed by atoms with van der Waals surface area (Å²) in [7, 11) is -3.18. The monoisotopic (exact) mass is 198 g/mol. The van der Waals surface area contributed by atoms with Crippen LogP contribution in [0.4, 0.5) is 0 Å². The summed E-state index contributed by atoms with van der Waals surface area (Å²) < 4.78 is 21.6. The third-order valence-corrected chi connectivity index (χ3v) is 4.60. The Morgan fingerprint density at radius 2 is 1.91 bits per heavy atom. The van der Waals surface area contributed by atoms with Gasteiger partial charge in [-0.2, -0.15) is 0 Å². The van der Waals surface area contributed by atoms with Crippen LogP contribution < -0.4 is 5.73 Å². The molecule has 67 valence electrons. The van der Waals surface area contributed by atoms with E-state index in [0.29, 0.717) is 0 Å². The molecule has 5 heteroatoms. The zero-order chi connectivity index (χ0) is 9.12. The molecule has 0 unspecified atom stereocenters. The summed E-state index contributed by atoms with van der Waals surface area (Å²) in [6.45, 7) is 2.97. The number of hydrogen-bond acceptors (Lipinski definition) is 2. The molecule has 0 aromatic heterocycles. The number of halogens is 1. The van der Waals surface area contributed by atoms with Crippen LogP contribution in [-0.2, 0) is 9.84 Å².